The molecule has 20 heavy (non-hydrogen) atoms. The average Bonchev–Trinajstić information content (AvgIpc) is 2.48. The summed E-state index contributed by atoms with van der Waals surface area (Å²) >= 11 is 0. The fraction of sp³-hybridized carbons (Fsp3) is 0.133. The predicted molar refractivity (Wildman–Crippen MR) is 71.4 cm³/mol. The van der Waals surface area contributed by atoms with Gasteiger partial charge in [0.05, 0.1) is 12.2 Å². The molecule has 1 heterocycles. The van der Waals surface area contributed by atoms with E-state index >= 15 is 0 Å². The van der Waals surface area contributed by atoms with E-state index in [0.717, 1.165) is 0 Å². The van der Waals surface area contributed by atoms with E-state index in [-0.39, 0.29) is 11.7 Å². The number of esters is 1. The zero-order valence-electron chi connectivity index (χ0n) is 10.9. The number of carbonyl (C=O) groups is 1. The molecule has 5 heteroatoms. The third kappa shape index (κ3) is 3.33. The van der Waals surface area contributed by atoms with Crippen LogP contribution < -0.4 is 4.74 Å². The minimum absolute atomic E-state index is 0.283. The Morgan fingerprint density at radius 2 is 2.00 bits per heavy atom. The molecule has 0 aliphatic heterocycles. The Kier molecular flexibility index (Phi) is 4.30. The fourth-order valence-corrected chi connectivity index (χ4v) is 1.53. The zero-order chi connectivity index (χ0) is 14.4. The molecule has 0 saturated heterocycles. The SMILES string of the molecule is CCOC(=O)c1ccc(Oc2cccc(C#N)n2)cc1. The van der Waals surface area contributed by atoms with Gasteiger partial charge in [-0.3, -0.25) is 0 Å². The summed E-state index contributed by atoms with van der Waals surface area (Å²) in [5.74, 6) is 0.484. The van der Waals surface area contributed by atoms with Gasteiger partial charge in [0.15, 0.2) is 0 Å². The number of ether oxygens (including phenoxy) is 2. The largest absolute Gasteiger partial charge is 0.462 e. The maximum Gasteiger partial charge on any atom is 0.338 e. The summed E-state index contributed by atoms with van der Waals surface area (Å²) < 4.78 is 10.4. The van der Waals surface area contributed by atoms with E-state index in [2.05, 4.69) is 4.98 Å². The summed E-state index contributed by atoms with van der Waals surface area (Å²) in [6.07, 6.45) is 0. The summed E-state index contributed by atoms with van der Waals surface area (Å²) in [5.41, 5.74) is 0.739. The van der Waals surface area contributed by atoms with Crippen LogP contribution in [0.4, 0.5) is 0 Å². The van der Waals surface area contributed by atoms with E-state index in [1.54, 1.807) is 49.4 Å². The molecule has 0 aliphatic carbocycles. The highest BCUT2D eigenvalue weighted by Gasteiger charge is 2.06. The molecule has 0 fully saturated rings. The van der Waals surface area contributed by atoms with Crippen molar-refractivity contribution in [1.82, 2.24) is 4.98 Å². The molecule has 100 valence electrons. The number of benzene rings is 1. The number of rotatable bonds is 4. The van der Waals surface area contributed by atoms with E-state index in [4.69, 9.17) is 14.7 Å². The molecular formula is C15H12N2O3. The lowest BCUT2D eigenvalue weighted by Crippen LogP contribution is -2.04. The maximum absolute atomic E-state index is 11.5. The normalized spacial score (nSPS) is 9.60. The molecular weight excluding hydrogens is 256 g/mol. The first-order chi connectivity index (χ1) is 9.72. The topological polar surface area (TPSA) is 72.2 Å². The van der Waals surface area contributed by atoms with Crippen LogP contribution in [0.3, 0.4) is 0 Å². The van der Waals surface area contributed by atoms with Crippen molar-refractivity contribution in [1.29, 1.82) is 5.26 Å². The van der Waals surface area contributed by atoms with Crippen molar-refractivity contribution in [3.63, 3.8) is 0 Å². The first-order valence-electron chi connectivity index (χ1n) is 6.05. The number of carbonyl (C=O) groups excluding carboxylic acids is 1. The molecule has 0 saturated carbocycles. The lowest BCUT2D eigenvalue weighted by atomic mass is 10.2. The quantitative estimate of drug-likeness (QED) is 0.797. The highest BCUT2D eigenvalue weighted by molar-refractivity contribution is 5.89. The molecule has 0 unspecified atom stereocenters. The van der Waals surface area contributed by atoms with Gasteiger partial charge in [0, 0.05) is 6.07 Å². The Labute approximate surface area is 116 Å². The first-order valence-corrected chi connectivity index (χ1v) is 6.05. The highest BCUT2D eigenvalue weighted by atomic mass is 16.5. The van der Waals surface area contributed by atoms with Gasteiger partial charge < -0.3 is 9.47 Å². The van der Waals surface area contributed by atoms with Crippen molar-refractivity contribution in [2.45, 2.75) is 6.92 Å². The molecule has 0 aliphatic rings. The maximum atomic E-state index is 11.5. The Hall–Kier alpha value is -2.87. The van der Waals surface area contributed by atoms with Gasteiger partial charge in [-0.25, -0.2) is 9.78 Å². The number of pyridine rings is 1. The summed E-state index contributed by atoms with van der Waals surface area (Å²) in [4.78, 5) is 15.5. The minimum Gasteiger partial charge on any atom is -0.462 e. The van der Waals surface area contributed by atoms with Gasteiger partial charge in [0.2, 0.25) is 5.88 Å². The Morgan fingerprint density at radius 1 is 1.25 bits per heavy atom. The molecule has 0 radical (unpaired) electrons. The fourth-order valence-electron chi connectivity index (χ4n) is 1.53. The minimum atomic E-state index is -0.372. The molecule has 2 rings (SSSR count). The first kappa shape index (κ1) is 13.6. The van der Waals surface area contributed by atoms with E-state index < -0.39 is 0 Å². The van der Waals surface area contributed by atoms with Gasteiger partial charge >= 0.3 is 5.97 Å². The smallest absolute Gasteiger partial charge is 0.338 e. The molecule has 0 spiro atoms. The van der Waals surface area contributed by atoms with Crippen molar-refractivity contribution < 1.29 is 14.3 Å². The van der Waals surface area contributed by atoms with Gasteiger partial charge in [-0.1, -0.05) is 6.07 Å². The summed E-state index contributed by atoms with van der Waals surface area (Å²) in [5, 5.41) is 8.76. The molecule has 2 aromatic rings. The van der Waals surface area contributed by atoms with Crippen molar-refractivity contribution in [2.24, 2.45) is 0 Å². The van der Waals surface area contributed by atoms with Crippen molar-refractivity contribution in [3.05, 3.63) is 53.7 Å². The highest BCUT2D eigenvalue weighted by Crippen LogP contribution is 2.20. The molecule has 0 N–H and O–H groups in total. The zero-order valence-corrected chi connectivity index (χ0v) is 10.9. The van der Waals surface area contributed by atoms with Crippen LogP contribution in [0.25, 0.3) is 0 Å². The summed E-state index contributed by atoms with van der Waals surface area (Å²) in [6, 6.07) is 13.4. The lowest BCUT2D eigenvalue weighted by molar-refractivity contribution is 0.0526. The van der Waals surface area contributed by atoms with Crippen LogP contribution in [-0.4, -0.2) is 17.6 Å². The second kappa shape index (κ2) is 6.34. The van der Waals surface area contributed by atoms with Gasteiger partial charge in [-0.2, -0.15) is 5.26 Å². The van der Waals surface area contributed by atoms with Gasteiger partial charge in [0.25, 0.3) is 0 Å². The monoisotopic (exact) mass is 268 g/mol. The van der Waals surface area contributed by atoms with E-state index in [1.165, 1.54) is 0 Å². The van der Waals surface area contributed by atoms with Crippen LogP contribution in [0.2, 0.25) is 0 Å². The van der Waals surface area contributed by atoms with Crippen LogP contribution >= 0.6 is 0 Å². The Bertz CT molecular complexity index is 645. The van der Waals surface area contributed by atoms with Gasteiger partial charge in [-0.05, 0) is 37.3 Å². The van der Waals surface area contributed by atoms with Gasteiger partial charge in [-0.15, -0.1) is 0 Å². The standard InChI is InChI=1S/C15H12N2O3/c1-2-19-15(18)11-6-8-13(9-7-11)20-14-5-3-4-12(10-16)17-14/h3-9H,2H2,1H3. The molecule has 1 aromatic heterocycles. The van der Waals surface area contributed by atoms with Gasteiger partial charge in [0.1, 0.15) is 17.5 Å². The number of aromatic nitrogens is 1. The van der Waals surface area contributed by atoms with Crippen molar-refractivity contribution >= 4 is 5.97 Å². The van der Waals surface area contributed by atoms with E-state index in [1.807, 2.05) is 6.07 Å². The number of nitriles is 1. The van der Waals surface area contributed by atoms with Crippen LogP contribution in [0.15, 0.2) is 42.5 Å². The predicted octanol–water partition coefficient (Wildman–Crippen LogP) is 2.92. The second-order valence-corrected chi connectivity index (χ2v) is 3.82. The van der Waals surface area contributed by atoms with Crippen LogP contribution in [-0.2, 0) is 4.74 Å². The molecule has 0 amide bonds. The summed E-state index contributed by atoms with van der Waals surface area (Å²) in [6.45, 7) is 2.09. The Balaban J connectivity index is 2.11. The average molecular weight is 268 g/mol. The van der Waals surface area contributed by atoms with Crippen LogP contribution in [0, 0.1) is 11.3 Å². The molecule has 0 atom stereocenters. The van der Waals surface area contributed by atoms with Crippen molar-refractivity contribution in [2.75, 3.05) is 6.61 Å². The van der Waals surface area contributed by atoms with Crippen LogP contribution in [0.5, 0.6) is 11.6 Å². The second-order valence-electron chi connectivity index (χ2n) is 3.82. The third-order valence-corrected chi connectivity index (χ3v) is 2.43. The van der Waals surface area contributed by atoms with Crippen LogP contribution in [0.1, 0.15) is 23.0 Å². The van der Waals surface area contributed by atoms with E-state index in [9.17, 15) is 4.79 Å². The number of hydrogen-bond acceptors (Lipinski definition) is 5. The Morgan fingerprint density at radius 3 is 2.65 bits per heavy atom. The van der Waals surface area contributed by atoms with E-state index in [0.29, 0.717) is 23.8 Å². The third-order valence-electron chi connectivity index (χ3n) is 2.43. The van der Waals surface area contributed by atoms with Crippen molar-refractivity contribution in [3.8, 4) is 17.7 Å². The number of hydrogen-bond donors (Lipinski definition) is 0. The molecule has 0 bridgehead atoms. The summed E-state index contributed by atoms with van der Waals surface area (Å²) in [7, 11) is 0. The molecule has 5 nitrogen and oxygen atoms in total. The number of nitrogens with zero attached hydrogens (tertiary/aromatic N) is 2. The molecule has 1 aromatic carbocycles. The lowest BCUT2D eigenvalue weighted by Gasteiger charge is -2.06.